The molecule has 0 saturated carbocycles. The van der Waals surface area contributed by atoms with Gasteiger partial charge in [-0.2, -0.15) is 0 Å². The van der Waals surface area contributed by atoms with Gasteiger partial charge in [-0.1, -0.05) is 35.3 Å². The van der Waals surface area contributed by atoms with Crippen LogP contribution in [0.3, 0.4) is 0 Å². The molecule has 0 fully saturated rings. The third-order valence-corrected chi connectivity index (χ3v) is 5.62. The molecule has 0 saturated heterocycles. The summed E-state index contributed by atoms with van der Waals surface area (Å²) in [6, 6.07) is 15.8. The van der Waals surface area contributed by atoms with E-state index in [9.17, 15) is 14.0 Å². The van der Waals surface area contributed by atoms with Crippen molar-refractivity contribution in [2.24, 2.45) is 0 Å². The minimum Gasteiger partial charge on any atom is -0.310 e. The zero-order chi connectivity index (χ0) is 22.4. The molecule has 2 aromatic carbocycles. The Labute approximate surface area is 190 Å². The van der Waals surface area contributed by atoms with Crippen LogP contribution in [0.1, 0.15) is 5.56 Å². The third kappa shape index (κ3) is 3.68. The lowest BCUT2D eigenvalue weighted by molar-refractivity contribution is 0.623. The lowest BCUT2D eigenvalue weighted by Crippen LogP contribution is -2.22. The van der Waals surface area contributed by atoms with Gasteiger partial charge in [0.15, 0.2) is 0 Å². The molecule has 5 aromatic rings. The Balaban J connectivity index is 1.68. The molecular weight excluding hydrogens is 452 g/mol. The van der Waals surface area contributed by atoms with E-state index in [4.69, 9.17) is 23.2 Å². The summed E-state index contributed by atoms with van der Waals surface area (Å²) in [7, 11) is 0. The van der Waals surface area contributed by atoms with Crippen LogP contribution in [-0.4, -0.2) is 14.1 Å². The van der Waals surface area contributed by atoms with E-state index >= 15 is 0 Å². The molecule has 0 bridgehead atoms. The Kier molecular flexibility index (Phi) is 5.04. The fraction of sp³-hybridized carbons (Fsp3) is 0.0417. The van der Waals surface area contributed by atoms with Crippen molar-refractivity contribution in [1.29, 1.82) is 0 Å². The standard InChI is InChI=1S/C24H14Cl2FN3O2/c25-15-9-16(26)11-18(10-15)30-7-5-22-20(24(30)32)12-19-21(28-22)4-6-29(23(19)31)13-14-2-1-3-17(27)8-14/h1-12H,13H2. The molecule has 32 heavy (non-hydrogen) atoms. The van der Waals surface area contributed by atoms with Gasteiger partial charge < -0.3 is 4.57 Å². The number of nitrogens with zero attached hydrogens (tertiary/aromatic N) is 3. The molecule has 0 aliphatic rings. The van der Waals surface area contributed by atoms with Crippen LogP contribution >= 0.6 is 23.2 Å². The van der Waals surface area contributed by atoms with Crippen molar-refractivity contribution in [3.63, 3.8) is 0 Å². The monoisotopic (exact) mass is 465 g/mol. The maximum Gasteiger partial charge on any atom is 0.264 e. The average Bonchev–Trinajstić information content (AvgIpc) is 2.75. The normalized spacial score (nSPS) is 11.3. The summed E-state index contributed by atoms with van der Waals surface area (Å²) >= 11 is 12.2. The number of halogens is 3. The van der Waals surface area contributed by atoms with Gasteiger partial charge in [0, 0.05) is 22.4 Å². The lowest BCUT2D eigenvalue weighted by Gasteiger charge is -2.10. The Hall–Kier alpha value is -3.48. The van der Waals surface area contributed by atoms with Crippen LogP contribution < -0.4 is 11.1 Å². The van der Waals surface area contributed by atoms with Crippen LogP contribution in [-0.2, 0) is 6.54 Å². The largest absolute Gasteiger partial charge is 0.310 e. The van der Waals surface area contributed by atoms with Crippen molar-refractivity contribution in [3.8, 4) is 5.69 Å². The first-order valence-corrected chi connectivity index (χ1v) is 10.4. The molecule has 0 unspecified atom stereocenters. The number of hydrogen-bond donors (Lipinski definition) is 0. The molecule has 0 aliphatic heterocycles. The summed E-state index contributed by atoms with van der Waals surface area (Å²) in [5, 5.41) is 1.39. The number of benzene rings is 2. The predicted molar refractivity (Wildman–Crippen MR) is 125 cm³/mol. The molecule has 0 N–H and O–H groups in total. The van der Waals surface area contributed by atoms with Crippen LogP contribution in [0.15, 0.2) is 82.6 Å². The molecule has 158 valence electrons. The van der Waals surface area contributed by atoms with Gasteiger partial charge in [0.05, 0.1) is 34.0 Å². The molecule has 0 aliphatic carbocycles. The fourth-order valence-corrected chi connectivity index (χ4v) is 4.22. The van der Waals surface area contributed by atoms with E-state index in [2.05, 4.69) is 4.98 Å². The molecule has 0 atom stereocenters. The highest BCUT2D eigenvalue weighted by atomic mass is 35.5. The third-order valence-electron chi connectivity index (χ3n) is 5.18. The summed E-state index contributed by atoms with van der Waals surface area (Å²) < 4.78 is 16.4. The highest BCUT2D eigenvalue weighted by Gasteiger charge is 2.12. The van der Waals surface area contributed by atoms with Crippen LogP contribution in [0.5, 0.6) is 0 Å². The number of rotatable bonds is 3. The highest BCUT2D eigenvalue weighted by Crippen LogP contribution is 2.22. The van der Waals surface area contributed by atoms with E-state index in [0.717, 1.165) is 0 Å². The first-order chi connectivity index (χ1) is 15.4. The van der Waals surface area contributed by atoms with Crippen molar-refractivity contribution in [2.45, 2.75) is 6.54 Å². The molecule has 0 radical (unpaired) electrons. The van der Waals surface area contributed by atoms with E-state index in [0.29, 0.717) is 37.7 Å². The van der Waals surface area contributed by atoms with E-state index in [1.807, 2.05) is 0 Å². The van der Waals surface area contributed by atoms with Gasteiger partial charge in [-0.25, -0.2) is 9.37 Å². The molecule has 3 heterocycles. The van der Waals surface area contributed by atoms with Crippen molar-refractivity contribution in [3.05, 3.63) is 115 Å². The smallest absolute Gasteiger partial charge is 0.264 e. The highest BCUT2D eigenvalue weighted by molar-refractivity contribution is 6.34. The van der Waals surface area contributed by atoms with E-state index in [1.54, 1.807) is 60.9 Å². The van der Waals surface area contributed by atoms with E-state index < -0.39 is 0 Å². The number of aromatic nitrogens is 3. The Morgan fingerprint density at radius 2 is 1.50 bits per heavy atom. The molecule has 8 heteroatoms. The first kappa shape index (κ1) is 20.4. The Bertz CT molecular complexity index is 1620. The average molecular weight is 466 g/mol. The van der Waals surface area contributed by atoms with E-state index in [1.165, 1.54) is 21.3 Å². The molecule has 5 nitrogen and oxygen atoms in total. The second-order valence-electron chi connectivity index (χ2n) is 7.35. The van der Waals surface area contributed by atoms with E-state index in [-0.39, 0.29) is 28.9 Å². The van der Waals surface area contributed by atoms with Crippen LogP contribution in [0, 0.1) is 5.82 Å². The zero-order valence-electron chi connectivity index (χ0n) is 16.4. The number of pyridine rings is 3. The van der Waals surface area contributed by atoms with Crippen LogP contribution in [0.25, 0.3) is 27.5 Å². The lowest BCUT2D eigenvalue weighted by atomic mass is 10.1. The van der Waals surface area contributed by atoms with Crippen molar-refractivity contribution >= 4 is 45.0 Å². The summed E-state index contributed by atoms with van der Waals surface area (Å²) in [5.41, 5.74) is 1.43. The van der Waals surface area contributed by atoms with Gasteiger partial charge in [-0.15, -0.1) is 0 Å². The predicted octanol–water partition coefficient (Wildman–Crippen LogP) is 5.19. The second-order valence-corrected chi connectivity index (χ2v) is 8.22. The van der Waals surface area contributed by atoms with Gasteiger partial charge in [-0.05, 0) is 54.1 Å². The van der Waals surface area contributed by atoms with Gasteiger partial charge in [0.25, 0.3) is 11.1 Å². The number of fused-ring (bicyclic) bond motifs is 2. The summed E-state index contributed by atoms with van der Waals surface area (Å²) in [6.07, 6.45) is 3.21. The number of hydrogen-bond acceptors (Lipinski definition) is 3. The van der Waals surface area contributed by atoms with Gasteiger partial charge >= 0.3 is 0 Å². The summed E-state index contributed by atoms with van der Waals surface area (Å²) in [5.74, 6) is -0.370. The molecule has 5 rings (SSSR count). The fourth-order valence-electron chi connectivity index (χ4n) is 3.70. The molecule has 0 amide bonds. The topological polar surface area (TPSA) is 56.9 Å². The molecule has 0 spiro atoms. The van der Waals surface area contributed by atoms with Crippen molar-refractivity contribution < 1.29 is 4.39 Å². The maximum absolute atomic E-state index is 13.5. The summed E-state index contributed by atoms with van der Waals surface area (Å²) in [6.45, 7) is 0.199. The van der Waals surface area contributed by atoms with Crippen molar-refractivity contribution in [1.82, 2.24) is 14.1 Å². The molecular formula is C24H14Cl2FN3O2. The summed E-state index contributed by atoms with van der Waals surface area (Å²) in [4.78, 5) is 30.8. The minimum absolute atomic E-state index is 0.199. The van der Waals surface area contributed by atoms with Crippen molar-refractivity contribution in [2.75, 3.05) is 0 Å². The minimum atomic E-state index is -0.370. The zero-order valence-corrected chi connectivity index (χ0v) is 17.9. The van der Waals surface area contributed by atoms with Gasteiger partial charge in [0.1, 0.15) is 5.82 Å². The maximum atomic E-state index is 13.5. The van der Waals surface area contributed by atoms with Gasteiger partial charge in [-0.3, -0.25) is 14.2 Å². The quantitative estimate of drug-likeness (QED) is 0.344. The Morgan fingerprint density at radius 1 is 0.812 bits per heavy atom. The van der Waals surface area contributed by atoms with Gasteiger partial charge in [0.2, 0.25) is 0 Å². The molecule has 3 aromatic heterocycles. The van der Waals surface area contributed by atoms with Crippen LogP contribution in [0.2, 0.25) is 10.0 Å². The van der Waals surface area contributed by atoms with Crippen LogP contribution in [0.4, 0.5) is 4.39 Å². The SMILES string of the molecule is O=c1c2cc3c(=O)n(-c4cc(Cl)cc(Cl)c4)ccc3nc2ccn1Cc1cccc(F)c1. The second kappa shape index (κ2) is 7.89. The Morgan fingerprint density at radius 3 is 2.22 bits per heavy atom. The first-order valence-electron chi connectivity index (χ1n) is 9.65.